The van der Waals surface area contributed by atoms with E-state index in [0.29, 0.717) is 21.7 Å². The van der Waals surface area contributed by atoms with Crippen molar-refractivity contribution in [2.75, 3.05) is 19.6 Å². The molecule has 2 bridgehead atoms. The maximum absolute atomic E-state index is 13.5. The van der Waals surface area contributed by atoms with Gasteiger partial charge >= 0.3 is 5.97 Å². The zero-order chi connectivity index (χ0) is 21.5. The Morgan fingerprint density at radius 3 is 2.19 bits per heavy atom. The van der Waals surface area contributed by atoms with E-state index in [1.165, 1.54) is 28.2 Å². The van der Waals surface area contributed by atoms with Crippen molar-refractivity contribution in [2.24, 2.45) is 5.92 Å². The molecule has 2 atom stereocenters. The first-order valence-electron chi connectivity index (χ1n) is 10.9. The molecule has 3 fully saturated rings. The van der Waals surface area contributed by atoms with E-state index in [-0.39, 0.29) is 6.10 Å². The van der Waals surface area contributed by atoms with Crippen molar-refractivity contribution in [1.29, 1.82) is 0 Å². The van der Waals surface area contributed by atoms with Gasteiger partial charge in [-0.3, -0.25) is 0 Å². The van der Waals surface area contributed by atoms with E-state index >= 15 is 0 Å². The molecule has 0 amide bonds. The second-order valence-electron chi connectivity index (χ2n) is 8.88. The van der Waals surface area contributed by atoms with Crippen LogP contribution in [0.3, 0.4) is 0 Å². The van der Waals surface area contributed by atoms with Crippen LogP contribution in [0.2, 0.25) is 0 Å². The first-order chi connectivity index (χ1) is 15.0. The topological polar surface area (TPSA) is 46.5 Å². The van der Waals surface area contributed by atoms with Crippen molar-refractivity contribution >= 4 is 28.6 Å². The summed E-state index contributed by atoms with van der Waals surface area (Å²) in [5, 5.41) is 15.4. The number of nitrogens with zero attached hydrogens (tertiary/aromatic N) is 1. The molecule has 0 radical (unpaired) electrons. The van der Waals surface area contributed by atoms with Gasteiger partial charge in [-0.15, -0.1) is 22.7 Å². The second kappa shape index (κ2) is 8.17. The monoisotopic (exact) mass is 454 g/mol. The van der Waals surface area contributed by atoms with Crippen LogP contribution in [0.25, 0.3) is 0 Å². The lowest BCUT2D eigenvalue weighted by atomic mass is 9.81. The van der Waals surface area contributed by atoms with Crippen LogP contribution in [-0.2, 0) is 15.1 Å². The molecule has 0 saturated carbocycles. The van der Waals surface area contributed by atoms with E-state index in [2.05, 4.69) is 37.3 Å². The van der Waals surface area contributed by atoms with Crippen LogP contribution in [0.4, 0.5) is 0 Å². The molecule has 4 nitrogen and oxygen atoms in total. The highest BCUT2D eigenvalue weighted by Gasteiger charge is 2.53. The summed E-state index contributed by atoms with van der Waals surface area (Å²) >= 11 is 2.77. The molecule has 1 unspecified atom stereocenters. The minimum absolute atomic E-state index is 0.160. The number of carbonyl (C=O) groups is 1. The number of hydrogen-bond acceptors (Lipinski definition) is 5. The van der Waals surface area contributed by atoms with Gasteiger partial charge < -0.3 is 14.3 Å². The summed E-state index contributed by atoms with van der Waals surface area (Å²) in [6, 6.07) is 18.4. The fourth-order valence-electron chi connectivity index (χ4n) is 5.40. The molecule has 6 rings (SSSR count). The van der Waals surface area contributed by atoms with Gasteiger partial charge in [-0.25, -0.2) is 4.79 Å². The number of ether oxygens (including phenoxy) is 1. The summed E-state index contributed by atoms with van der Waals surface area (Å²) in [4.78, 5) is 14.7. The predicted octanol–water partition coefficient (Wildman–Crippen LogP) is 4.96. The standard InChI is InChI=1S/C25H28NO3S2/c1-18(19-7-3-2-4-8-19)26-13-11-20(12-14-26)21(17-26)29-24(27)25(28,22-9-5-15-30-22)23-10-6-16-31-23/h2-10,15-16,18,20-21,28H,11-14,17H2,1H3/q+1/t18?,20?,21-,26?/m0/s1. The SMILES string of the molecule is CC(c1ccccc1)[N+]12CCC(CC1)[C@@H](OC(=O)C(O)(c1cccs1)c1cccs1)C2. The third-order valence-electron chi connectivity index (χ3n) is 7.37. The third-order valence-corrected chi connectivity index (χ3v) is 9.33. The summed E-state index contributed by atoms with van der Waals surface area (Å²) in [7, 11) is 0. The Morgan fingerprint density at radius 1 is 1.03 bits per heavy atom. The summed E-state index contributed by atoms with van der Waals surface area (Å²) in [6.07, 6.45) is 1.96. The molecule has 31 heavy (non-hydrogen) atoms. The molecule has 1 N–H and O–H groups in total. The smallest absolute Gasteiger partial charge is 0.349 e. The Labute approximate surface area is 191 Å². The Kier molecular flexibility index (Phi) is 5.51. The largest absolute Gasteiger partial charge is 0.453 e. The molecule has 0 spiro atoms. The Bertz CT molecular complexity index is 974. The van der Waals surface area contributed by atoms with Crippen molar-refractivity contribution < 1.29 is 19.1 Å². The van der Waals surface area contributed by atoms with Crippen molar-refractivity contribution in [3.63, 3.8) is 0 Å². The molecular formula is C25H28NO3S2+. The number of fused-ring (bicyclic) bond motifs is 3. The highest BCUT2D eigenvalue weighted by atomic mass is 32.1. The lowest BCUT2D eigenvalue weighted by Crippen LogP contribution is -2.65. The number of thiophene rings is 2. The van der Waals surface area contributed by atoms with Gasteiger partial charge in [0.1, 0.15) is 12.6 Å². The van der Waals surface area contributed by atoms with Gasteiger partial charge in [-0.05, 0) is 29.8 Å². The number of rotatable bonds is 6. The van der Waals surface area contributed by atoms with Crippen LogP contribution in [0.1, 0.15) is 41.1 Å². The lowest BCUT2D eigenvalue weighted by Gasteiger charge is -2.55. The zero-order valence-electron chi connectivity index (χ0n) is 17.6. The molecular weight excluding hydrogens is 426 g/mol. The quantitative estimate of drug-likeness (QED) is 0.423. The summed E-state index contributed by atoms with van der Waals surface area (Å²) in [6.45, 7) is 5.36. The predicted molar refractivity (Wildman–Crippen MR) is 124 cm³/mol. The number of quaternary nitrogens is 1. The molecule has 3 aromatic rings. The number of benzene rings is 1. The molecule has 2 aromatic heterocycles. The lowest BCUT2D eigenvalue weighted by molar-refractivity contribution is -0.972. The number of carbonyl (C=O) groups excluding carboxylic acids is 1. The van der Waals surface area contributed by atoms with Crippen LogP contribution in [0.5, 0.6) is 0 Å². The fraction of sp³-hybridized carbons (Fsp3) is 0.400. The van der Waals surface area contributed by atoms with Crippen molar-refractivity contribution in [2.45, 2.75) is 37.5 Å². The first-order valence-corrected chi connectivity index (χ1v) is 12.7. The van der Waals surface area contributed by atoms with Gasteiger partial charge in [0.2, 0.25) is 5.60 Å². The fourth-order valence-corrected chi connectivity index (χ4v) is 7.12. The minimum atomic E-state index is -1.73. The van der Waals surface area contributed by atoms with E-state index in [1.54, 1.807) is 0 Å². The third kappa shape index (κ3) is 3.55. The van der Waals surface area contributed by atoms with Crippen LogP contribution in [-0.4, -0.2) is 41.3 Å². The van der Waals surface area contributed by atoms with Crippen LogP contribution < -0.4 is 0 Å². The van der Waals surface area contributed by atoms with Gasteiger partial charge in [-0.1, -0.05) is 42.5 Å². The Hall–Kier alpha value is -1.99. The summed E-state index contributed by atoms with van der Waals surface area (Å²) < 4.78 is 7.11. The first kappa shape index (κ1) is 20.9. The average Bonchev–Trinajstić information content (AvgIpc) is 3.54. The molecule has 3 saturated heterocycles. The Balaban J connectivity index is 1.40. The zero-order valence-corrected chi connectivity index (χ0v) is 19.3. The molecule has 162 valence electrons. The van der Waals surface area contributed by atoms with Gasteiger partial charge in [-0.2, -0.15) is 0 Å². The average molecular weight is 455 g/mol. The van der Waals surface area contributed by atoms with Crippen molar-refractivity contribution in [3.8, 4) is 0 Å². The summed E-state index contributed by atoms with van der Waals surface area (Å²) in [5.41, 5.74) is -0.397. The molecule has 5 heterocycles. The van der Waals surface area contributed by atoms with Crippen LogP contribution in [0, 0.1) is 5.92 Å². The number of esters is 1. The van der Waals surface area contributed by atoms with Gasteiger partial charge in [0.05, 0.1) is 22.8 Å². The molecule has 0 aliphatic carbocycles. The Morgan fingerprint density at radius 2 is 1.65 bits per heavy atom. The summed E-state index contributed by atoms with van der Waals surface area (Å²) in [5.74, 6) is -0.162. The highest BCUT2D eigenvalue weighted by molar-refractivity contribution is 7.12. The molecule has 1 aromatic carbocycles. The second-order valence-corrected chi connectivity index (χ2v) is 10.8. The molecule has 6 heteroatoms. The normalized spacial score (nSPS) is 26.5. The molecule has 3 aliphatic rings. The van der Waals surface area contributed by atoms with Crippen molar-refractivity contribution in [3.05, 3.63) is 80.7 Å². The van der Waals surface area contributed by atoms with Gasteiger partial charge in [0.15, 0.2) is 6.10 Å². The van der Waals surface area contributed by atoms with E-state index in [0.717, 1.165) is 37.0 Å². The van der Waals surface area contributed by atoms with Crippen molar-refractivity contribution in [1.82, 2.24) is 0 Å². The van der Waals surface area contributed by atoms with E-state index < -0.39 is 11.6 Å². The highest BCUT2D eigenvalue weighted by Crippen LogP contribution is 2.44. The minimum Gasteiger partial charge on any atom is -0.453 e. The molecule has 3 aliphatic heterocycles. The number of piperidine rings is 3. The van der Waals surface area contributed by atoms with Crippen LogP contribution >= 0.6 is 22.7 Å². The van der Waals surface area contributed by atoms with E-state index in [1.807, 2.05) is 35.0 Å². The number of hydrogen-bond donors (Lipinski definition) is 1. The van der Waals surface area contributed by atoms with E-state index in [9.17, 15) is 9.90 Å². The van der Waals surface area contributed by atoms with Gasteiger partial charge in [0.25, 0.3) is 0 Å². The van der Waals surface area contributed by atoms with Crippen LogP contribution in [0.15, 0.2) is 65.4 Å². The van der Waals surface area contributed by atoms with E-state index in [4.69, 9.17) is 4.74 Å². The maximum Gasteiger partial charge on any atom is 0.349 e. The maximum atomic E-state index is 13.5. The van der Waals surface area contributed by atoms with Gasteiger partial charge in [0, 0.05) is 24.3 Å². The number of aliphatic hydroxyl groups is 1.